The maximum Gasteiger partial charge on any atom is 0.275 e. The van der Waals surface area contributed by atoms with Crippen molar-refractivity contribution in [2.45, 2.75) is 13.8 Å². The molecule has 6 heteroatoms. The highest BCUT2D eigenvalue weighted by molar-refractivity contribution is 6.31. The van der Waals surface area contributed by atoms with Crippen LogP contribution in [-0.4, -0.2) is 26.3 Å². The van der Waals surface area contributed by atoms with Crippen molar-refractivity contribution in [3.05, 3.63) is 57.6 Å². The van der Waals surface area contributed by atoms with Gasteiger partial charge < -0.3 is 9.47 Å². The molecular formula is C18H19ClN2O3. The Hall–Kier alpha value is -2.53. The fraction of sp³-hybridized carbons (Fsp3) is 0.222. The van der Waals surface area contributed by atoms with E-state index in [2.05, 4.69) is 10.5 Å². The van der Waals surface area contributed by atoms with Crippen molar-refractivity contribution < 1.29 is 14.3 Å². The van der Waals surface area contributed by atoms with E-state index >= 15 is 0 Å². The van der Waals surface area contributed by atoms with E-state index < -0.39 is 5.91 Å². The van der Waals surface area contributed by atoms with Crippen molar-refractivity contribution >= 4 is 23.7 Å². The number of methoxy groups -OCH3 is 2. The summed E-state index contributed by atoms with van der Waals surface area (Å²) in [6.07, 6.45) is 1.59. The molecule has 0 fully saturated rings. The summed E-state index contributed by atoms with van der Waals surface area (Å²) in [6, 6.07) is 8.71. The summed E-state index contributed by atoms with van der Waals surface area (Å²) in [5.74, 6) is 0.856. The van der Waals surface area contributed by atoms with Gasteiger partial charge in [0.15, 0.2) is 0 Å². The van der Waals surface area contributed by atoms with Gasteiger partial charge in [-0.3, -0.25) is 4.79 Å². The third-order valence-corrected chi connectivity index (χ3v) is 3.79. The molecule has 0 spiro atoms. The number of ether oxygens (including phenoxy) is 2. The first kappa shape index (κ1) is 17.8. The second-order valence-corrected chi connectivity index (χ2v) is 5.66. The van der Waals surface area contributed by atoms with E-state index in [1.807, 2.05) is 26.0 Å². The van der Waals surface area contributed by atoms with Gasteiger partial charge in [0.25, 0.3) is 5.91 Å². The summed E-state index contributed by atoms with van der Waals surface area (Å²) in [5.41, 5.74) is 5.69. The minimum absolute atomic E-state index is 0.324. The Labute approximate surface area is 146 Å². The van der Waals surface area contributed by atoms with Crippen molar-refractivity contribution in [2.75, 3.05) is 14.2 Å². The van der Waals surface area contributed by atoms with Gasteiger partial charge in [0.1, 0.15) is 11.5 Å². The minimum atomic E-state index is -0.395. The van der Waals surface area contributed by atoms with Crippen molar-refractivity contribution in [2.24, 2.45) is 5.10 Å². The zero-order valence-corrected chi connectivity index (χ0v) is 14.8. The van der Waals surface area contributed by atoms with E-state index in [1.54, 1.807) is 25.5 Å². The van der Waals surface area contributed by atoms with Crippen LogP contribution < -0.4 is 14.9 Å². The number of aryl methyl sites for hydroxylation is 2. The number of hydrazone groups is 1. The zero-order chi connectivity index (χ0) is 17.7. The molecule has 2 rings (SSSR count). The first-order valence-electron chi connectivity index (χ1n) is 7.28. The normalized spacial score (nSPS) is 10.7. The standard InChI is InChI=1S/C18H19ClN2O3/c1-11-8-17(24-4)12(2)7-13(11)10-20-21-18(22)15-9-14(19)5-6-16(15)23-3/h5-10H,1-4H3,(H,21,22)/b20-10+. The van der Waals surface area contributed by atoms with Crippen LogP contribution in [0.2, 0.25) is 5.02 Å². The molecule has 1 amide bonds. The zero-order valence-electron chi connectivity index (χ0n) is 14.0. The molecule has 0 aromatic heterocycles. The predicted octanol–water partition coefficient (Wildman–Crippen LogP) is 3.74. The molecule has 1 N–H and O–H groups in total. The fourth-order valence-electron chi connectivity index (χ4n) is 2.25. The number of hydrogen-bond acceptors (Lipinski definition) is 4. The second kappa shape index (κ2) is 7.84. The van der Waals surface area contributed by atoms with Crippen molar-refractivity contribution in [3.8, 4) is 11.5 Å². The molecule has 0 radical (unpaired) electrons. The lowest BCUT2D eigenvalue weighted by Gasteiger charge is -2.09. The number of nitrogens with one attached hydrogen (secondary N) is 1. The molecule has 0 saturated heterocycles. The second-order valence-electron chi connectivity index (χ2n) is 5.22. The quantitative estimate of drug-likeness (QED) is 0.662. The summed E-state index contributed by atoms with van der Waals surface area (Å²) >= 11 is 5.93. The molecule has 0 saturated carbocycles. The van der Waals surface area contributed by atoms with Gasteiger partial charge >= 0.3 is 0 Å². The van der Waals surface area contributed by atoms with Gasteiger partial charge in [0.2, 0.25) is 0 Å². The van der Waals surface area contributed by atoms with Crippen LogP contribution in [0.4, 0.5) is 0 Å². The number of nitrogens with zero attached hydrogens (tertiary/aromatic N) is 1. The summed E-state index contributed by atoms with van der Waals surface area (Å²) in [6.45, 7) is 3.90. The molecule has 0 aliphatic carbocycles. The van der Waals surface area contributed by atoms with Gasteiger partial charge in [-0.15, -0.1) is 0 Å². The van der Waals surface area contributed by atoms with Gasteiger partial charge in [-0.25, -0.2) is 5.43 Å². The summed E-state index contributed by atoms with van der Waals surface area (Å²) in [5, 5.41) is 4.47. The Balaban J connectivity index is 2.16. The molecule has 5 nitrogen and oxygen atoms in total. The maximum atomic E-state index is 12.2. The number of benzene rings is 2. The highest BCUT2D eigenvalue weighted by Crippen LogP contribution is 2.23. The third kappa shape index (κ3) is 4.06. The van der Waals surface area contributed by atoms with Gasteiger partial charge in [-0.1, -0.05) is 11.6 Å². The van der Waals surface area contributed by atoms with Crippen LogP contribution in [0, 0.1) is 13.8 Å². The Kier molecular flexibility index (Phi) is 5.82. The van der Waals surface area contributed by atoms with E-state index in [9.17, 15) is 4.79 Å². The Bertz CT molecular complexity index is 788. The smallest absolute Gasteiger partial charge is 0.275 e. The molecule has 2 aromatic rings. The number of amides is 1. The van der Waals surface area contributed by atoms with E-state index in [0.29, 0.717) is 16.3 Å². The van der Waals surface area contributed by atoms with E-state index in [0.717, 1.165) is 22.4 Å². The van der Waals surface area contributed by atoms with Crippen LogP contribution in [0.5, 0.6) is 11.5 Å². The molecule has 126 valence electrons. The lowest BCUT2D eigenvalue weighted by Crippen LogP contribution is -2.18. The molecule has 0 aliphatic heterocycles. The van der Waals surface area contributed by atoms with Crippen LogP contribution in [0.25, 0.3) is 0 Å². The van der Waals surface area contributed by atoms with Crippen molar-refractivity contribution in [1.29, 1.82) is 0 Å². The molecule has 24 heavy (non-hydrogen) atoms. The van der Waals surface area contributed by atoms with Crippen LogP contribution in [0.1, 0.15) is 27.0 Å². The summed E-state index contributed by atoms with van der Waals surface area (Å²) in [7, 11) is 3.13. The average Bonchev–Trinajstić information content (AvgIpc) is 2.57. The third-order valence-electron chi connectivity index (χ3n) is 3.56. The van der Waals surface area contributed by atoms with Crippen molar-refractivity contribution in [3.63, 3.8) is 0 Å². The van der Waals surface area contributed by atoms with Crippen LogP contribution >= 0.6 is 11.6 Å². The Morgan fingerprint density at radius 2 is 1.79 bits per heavy atom. The van der Waals surface area contributed by atoms with Crippen LogP contribution in [0.3, 0.4) is 0 Å². The van der Waals surface area contributed by atoms with E-state index in [-0.39, 0.29) is 0 Å². The lowest BCUT2D eigenvalue weighted by atomic mass is 10.1. The number of carbonyl (C=O) groups excluding carboxylic acids is 1. The molecule has 0 bridgehead atoms. The van der Waals surface area contributed by atoms with E-state index in [1.165, 1.54) is 13.2 Å². The van der Waals surface area contributed by atoms with Gasteiger partial charge in [-0.05, 0) is 60.9 Å². The van der Waals surface area contributed by atoms with Crippen LogP contribution in [-0.2, 0) is 0 Å². The fourth-order valence-corrected chi connectivity index (χ4v) is 2.42. The number of hydrogen-bond donors (Lipinski definition) is 1. The molecule has 0 unspecified atom stereocenters. The van der Waals surface area contributed by atoms with Gasteiger partial charge in [-0.2, -0.15) is 5.10 Å². The summed E-state index contributed by atoms with van der Waals surface area (Å²) < 4.78 is 10.4. The molecule has 0 heterocycles. The molecular weight excluding hydrogens is 328 g/mol. The minimum Gasteiger partial charge on any atom is -0.496 e. The number of halogens is 1. The topological polar surface area (TPSA) is 59.9 Å². The van der Waals surface area contributed by atoms with Gasteiger partial charge in [0.05, 0.1) is 26.0 Å². The first-order chi connectivity index (χ1) is 11.5. The number of carbonyl (C=O) groups is 1. The first-order valence-corrected chi connectivity index (χ1v) is 7.66. The molecule has 2 aromatic carbocycles. The predicted molar refractivity (Wildman–Crippen MR) is 95.5 cm³/mol. The largest absolute Gasteiger partial charge is 0.496 e. The van der Waals surface area contributed by atoms with Crippen LogP contribution in [0.15, 0.2) is 35.4 Å². The number of rotatable bonds is 5. The monoisotopic (exact) mass is 346 g/mol. The lowest BCUT2D eigenvalue weighted by molar-refractivity contribution is 0.0952. The SMILES string of the molecule is COc1cc(C)c(/C=N/NC(=O)c2cc(Cl)ccc2OC)cc1C. The highest BCUT2D eigenvalue weighted by Gasteiger charge is 2.12. The highest BCUT2D eigenvalue weighted by atomic mass is 35.5. The summed E-state index contributed by atoms with van der Waals surface area (Å²) in [4.78, 5) is 12.2. The maximum absolute atomic E-state index is 12.2. The molecule has 0 atom stereocenters. The Morgan fingerprint density at radius 3 is 2.46 bits per heavy atom. The van der Waals surface area contributed by atoms with Gasteiger partial charge in [0, 0.05) is 5.02 Å². The van der Waals surface area contributed by atoms with Crippen molar-refractivity contribution in [1.82, 2.24) is 5.43 Å². The molecule has 0 aliphatic rings. The average molecular weight is 347 g/mol. The Morgan fingerprint density at radius 1 is 1.08 bits per heavy atom. The van der Waals surface area contributed by atoms with E-state index in [4.69, 9.17) is 21.1 Å².